The summed E-state index contributed by atoms with van der Waals surface area (Å²) in [5.41, 5.74) is 2.32. The van der Waals surface area contributed by atoms with Crippen molar-refractivity contribution >= 4 is 5.97 Å². The summed E-state index contributed by atoms with van der Waals surface area (Å²) in [5.74, 6) is -0.737. The first-order valence-electron chi connectivity index (χ1n) is 5.01. The van der Waals surface area contributed by atoms with E-state index in [9.17, 15) is 4.79 Å². The molecule has 0 saturated carbocycles. The molecule has 0 radical (unpaired) electrons. The van der Waals surface area contributed by atoms with Crippen molar-refractivity contribution in [3.05, 3.63) is 35.4 Å². The van der Waals surface area contributed by atoms with Crippen LogP contribution in [0.5, 0.6) is 0 Å². The lowest BCUT2D eigenvalue weighted by Crippen LogP contribution is -1.99. The van der Waals surface area contributed by atoms with Crippen molar-refractivity contribution in [3.63, 3.8) is 0 Å². The van der Waals surface area contributed by atoms with Crippen molar-refractivity contribution in [2.24, 2.45) is 0 Å². The molecule has 0 saturated heterocycles. The van der Waals surface area contributed by atoms with Crippen LogP contribution in [0.3, 0.4) is 0 Å². The van der Waals surface area contributed by atoms with Gasteiger partial charge >= 0.3 is 5.97 Å². The van der Waals surface area contributed by atoms with Gasteiger partial charge in [-0.3, -0.25) is 4.79 Å². The summed E-state index contributed by atoms with van der Waals surface area (Å²) < 4.78 is 5.08. The van der Waals surface area contributed by atoms with E-state index in [0.717, 1.165) is 12.0 Å². The van der Waals surface area contributed by atoms with Crippen molar-refractivity contribution < 1.29 is 14.6 Å². The van der Waals surface area contributed by atoms with Crippen LogP contribution in [-0.2, 0) is 22.6 Å². The van der Waals surface area contributed by atoms with Crippen LogP contribution in [0, 0.1) is 0 Å². The van der Waals surface area contributed by atoms with Gasteiger partial charge in [0.15, 0.2) is 0 Å². The van der Waals surface area contributed by atoms with Crippen LogP contribution in [0.15, 0.2) is 24.3 Å². The Bertz CT molecular complexity index is 320. The van der Waals surface area contributed by atoms with E-state index in [1.807, 2.05) is 24.3 Å². The summed E-state index contributed by atoms with van der Waals surface area (Å²) in [5, 5.41) is 8.54. The van der Waals surface area contributed by atoms with E-state index in [0.29, 0.717) is 13.0 Å². The van der Waals surface area contributed by atoms with Gasteiger partial charge in [-0.05, 0) is 24.0 Å². The largest absolute Gasteiger partial charge is 0.481 e. The molecule has 1 aromatic rings. The summed E-state index contributed by atoms with van der Waals surface area (Å²) in [4.78, 5) is 10.4. The normalized spacial score (nSPS) is 10.2. The van der Waals surface area contributed by atoms with Crippen molar-refractivity contribution in [3.8, 4) is 0 Å². The molecule has 0 aliphatic carbocycles. The Hall–Kier alpha value is -1.35. The predicted molar refractivity (Wildman–Crippen MR) is 57.7 cm³/mol. The van der Waals surface area contributed by atoms with Gasteiger partial charge in [-0.15, -0.1) is 0 Å². The lowest BCUT2D eigenvalue weighted by atomic mass is 10.0. The minimum absolute atomic E-state index is 0.224. The maximum atomic E-state index is 10.4. The number of ether oxygens (including phenoxy) is 1. The van der Waals surface area contributed by atoms with Gasteiger partial charge in [0.1, 0.15) is 0 Å². The SMILES string of the molecule is COCc1ccccc1CCCC(=O)O. The lowest BCUT2D eigenvalue weighted by molar-refractivity contribution is -0.137. The molecular formula is C12H16O3. The minimum Gasteiger partial charge on any atom is -0.481 e. The van der Waals surface area contributed by atoms with Crippen LogP contribution in [0.4, 0.5) is 0 Å². The van der Waals surface area contributed by atoms with Gasteiger partial charge in [-0.1, -0.05) is 24.3 Å². The highest BCUT2D eigenvalue weighted by molar-refractivity contribution is 5.66. The first-order valence-corrected chi connectivity index (χ1v) is 5.01. The molecule has 0 heterocycles. The van der Waals surface area contributed by atoms with Crippen molar-refractivity contribution in [1.82, 2.24) is 0 Å². The molecule has 0 unspecified atom stereocenters. The Kier molecular flexibility index (Phi) is 4.84. The van der Waals surface area contributed by atoms with E-state index in [1.54, 1.807) is 7.11 Å². The molecule has 1 N–H and O–H groups in total. The van der Waals surface area contributed by atoms with E-state index < -0.39 is 5.97 Å². The van der Waals surface area contributed by atoms with Gasteiger partial charge in [0, 0.05) is 13.5 Å². The number of methoxy groups -OCH3 is 1. The van der Waals surface area contributed by atoms with E-state index >= 15 is 0 Å². The van der Waals surface area contributed by atoms with Crippen LogP contribution in [0.25, 0.3) is 0 Å². The van der Waals surface area contributed by atoms with E-state index in [1.165, 1.54) is 5.56 Å². The van der Waals surface area contributed by atoms with Gasteiger partial charge in [-0.25, -0.2) is 0 Å². The Morgan fingerprint density at radius 2 is 2.00 bits per heavy atom. The molecule has 1 rings (SSSR count). The third-order valence-corrected chi connectivity index (χ3v) is 2.25. The van der Waals surface area contributed by atoms with Gasteiger partial charge in [-0.2, -0.15) is 0 Å². The van der Waals surface area contributed by atoms with E-state index in [4.69, 9.17) is 9.84 Å². The third-order valence-electron chi connectivity index (χ3n) is 2.25. The van der Waals surface area contributed by atoms with Crippen LogP contribution in [0.2, 0.25) is 0 Å². The second-order valence-electron chi connectivity index (χ2n) is 3.45. The molecule has 82 valence electrons. The van der Waals surface area contributed by atoms with Crippen LogP contribution in [-0.4, -0.2) is 18.2 Å². The summed E-state index contributed by atoms with van der Waals surface area (Å²) in [6.07, 6.45) is 1.70. The third kappa shape index (κ3) is 4.13. The molecule has 0 atom stereocenters. The fraction of sp³-hybridized carbons (Fsp3) is 0.417. The first kappa shape index (κ1) is 11.7. The second-order valence-corrected chi connectivity index (χ2v) is 3.45. The highest BCUT2D eigenvalue weighted by Crippen LogP contribution is 2.12. The predicted octanol–water partition coefficient (Wildman–Crippen LogP) is 2.24. The number of hydrogen-bond acceptors (Lipinski definition) is 2. The lowest BCUT2D eigenvalue weighted by Gasteiger charge is -2.07. The zero-order valence-corrected chi connectivity index (χ0v) is 8.90. The maximum absolute atomic E-state index is 10.4. The van der Waals surface area contributed by atoms with Crippen molar-refractivity contribution in [2.75, 3.05) is 7.11 Å². The number of rotatable bonds is 6. The maximum Gasteiger partial charge on any atom is 0.303 e. The molecule has 0 aliphatic heterocycles. The fourth-order valence-electron chi connectivity index (χ4n) is 1.53. The summed E-state index contributed by atoms with van der Waals surface area (Å²) in [6, 6.07) is 7.97. The Labute approximate surface area is 89.7 Å². The average molecular weight is 208 g/mol. The van der Waals surface area contributed by atoms with Gasteiger partial charge in [0.25, 0.3) is 0 Å². The fourth-order valence-corrected chi connectivity index (χ4v) is 1.53. The highest BCUT2D eigenvalue weighted by atomic mass is 16.5. The number of benzene rings is 1. The standard InChI is InChI=1S/C12H16O3/c1-15-9-11-6-3-2-5-10(11)7-4-8-12(13)14/h2-3,5-6H,4,7-9H2,1H3,(H,13,14). The Morgan fingerprint density at radius 3 is 2.60 bits per heavy atom. The quantitative estimate of drug-likeness (QED) is 0.779. The Balaban J connectivity index is 2.55. The molecule has 3 nitrogen and oxygen atoms in total. The summed E-state index contributed by atoms with van der Waals surface area (Å²) >= 11 is 0. The Morgan fingerprint density at radius 1 is 1.33 bits per heavy atom. The molecule has 0 spiro atoms. The molecule has 15 heavy (non-hydrogen) atoms. The topological polar surface area (TPSA) is 46.5 Å². The first-order chi connectivity index (χ1) is 7.24. The minimum atomic E-state index is -0.737. The number of aliphatic carboxylic acids is 1. The number of carboxylic acid groups (broad SMARTS) is 1. The molecule has 0 amide bonds. The van der Waals surface area contributed by atoms with Crippen molar-refractivity contribution in [1.29, 1.82) is 0 Å². The summed E-state index contributed by atoms with van der Waals surface area (Å²) in [7, 11) is 1.66. The molecule has 1 aromatic carbocycles. The second kappa shape index (κ2) is 6.19. The zero-order chi connectivity index (χ0) is 11.1. The number of hydrogen-bond donors (Lipinski definition) is 1. The van der Waals surface area contributed by atoms with Gasteiger partial charge in [0.05, 0.1) is 6.61 Å². The molecule has 0 aliphatic rings. The smallest absolute Gasteiger partial charge is 0.303 e. The van der Waals surface area contributed by atoms with Crippen LogP contribution < -0.4 is 0 Å². The summed E-state index contributed by atoms with van der Waals surface area (Å²) in [6.45, 7) is 0.587. The van der Waals surface area contributed by atoms with Gasteiger partial charge in [0.2, 0.25) is 0 Å². The molecule has 3 heteroatoms. The molecule has 0 aromatic heterocycles. The number of carboxylic acids is 1. The van der Waals surface area contributed by atoms with Crippen LogP contribution in [0.1, 0.15) is 24.0 Å². The number of aryl methyl sites for hydroxylation is 1. The van der Waals surface area contributed by atoms with E-state index in [2.05, 4.69) is 0 Å². The zero-order valence-electron chi connectivity index (χ0n) is 8.90. The number of carbonyl (C=O) groups is 1. The van der Waals surface area contributed by atoms with Crippen LogP contribution >= 0.6 is 0 Å². The van der Waals surface area contributed by atoms with Crippen molar-refractivity contribution in [2.45, 2.75) is 25.9 Å². The highest BCUT2D eigenvalue weighted by Gasteiger charge is 2.02. The average Bonchev–Trinajstić information content (AvgIpc) is 2.20. The molecule has 0 bridgehead atoms. The molecule has 0 fully saturated rings. The van der Waals surface area contributed by atoms with Gasteiger partial charge < -0.3 is 9.84 Å². The molecular weight excluding hydrogens is 192 g/mol. The van der Waals surface area contributed by atoms with E-state index in [-0.39, 0.29) is 6.42 Å². The monoisotopic (exact) mass is 208 g/mol.